The molecule has 2 fully saturated rings. The molecule has 0 atom stereocenters. The average molecular weight is 518 g/mol. The maximum Gasteiger partial charge on any atom is 0.258 e. The molecule has 0 bridgehead atoms. The molecule has 0 spiro atoms. The summed E-state index contributed by atoms with van der Waals surface area (Å²) in [6, 6.07) is 10.4. The number of piperidine rings is 1. The third kappa shape index (κ3) is 5.03. The summed E-state index contributed by atoms with van der Waals surface area (Å²) in [6.45, 7) is 9.83. The quantitative estimate of drug-likeness (QED) is 0.344. The van der Waals surface area contributed by atoms with Gasteiger partial charge in [-0.2, -0.15) is 0 Å². The Hall–Kier alpha value is -2.99. The van der Waals surface area contributed by atoms with Crippen LogP contribution in [-0.2, 0) is 13.6 Å². The van der Waals surface area contributed by atoms with Crippen molar-refractivity contribution in [2.75, 3.05) is 45.3 Å². The fourth-order valence-electron chi connectivity index (χ4n) is 6.51. The number of pyridine rings is 1. The number of benzene rings is 2. The van der Waals surface area contributed by atoms with Gasteiger partial charge in [0, 0.05) is 49.5 Å². The minimum atomic E-state index is 0.0197. The number of likely N-dealkylation sites (tertiary alicyclic amines) is 1. The second kappa shape index (κ2) is 11.4. The molecule has 3 aromatic rings. The standard InChI is InChI=1S/C32H43N3O3/c1-6-22(7-2)23-11-15-34(16-12-23)21-29-30(37-4)17-24(18-31(29)38-5)28-20-33(3)32(36)26-10-9-25(19-27(26)28)35-13-8-14-35/h9-10,17-20,22-23H,6-8,11-16,21H2,1-5H3. The van der Waals surface area contributed by atoms with Gasteiger partial charge in [0.25, 0.3) is 5.56 Å². The minimum absolute atomic E-state index is 0.0197. The summed E-state index contributed by atoms with van der Waals surface area (Å²) in [5.74, 6) is 3.36. The number of hydrogen-bond donors (Lipinski definition) is 0. The molecule has 5 rings (SSSR count). The van der Waals surface area contributed by atoms with E-state index in [9.17, 15) is 4.79 Å². The van der Waals surface area contributed by atoms with Crippen molar-refractivity contribution in [1.29, 1.82) is 0 Å². The van der Waals surface area contributed by atoms with Crippen LogP contribution in [0.4, 0.5) is 5.69 Å². The van der Waals surface area contributed by atoms with Gasteiger partial charge in [-0.15, -0.1) is 0 Å². The summed E-state index contributed by atoms with van der Waals surface area (Å²) < 4.78 is 13.6. The van der Waals surface area contributed by atoms with Crippen molar-refractivity contribution in [2.24, 2.45) is 18.9 Å². The van der Waals surface area contributed by atoms with E-state index in [2.05, 4.69) is 47.9 Å². The average Bonchev–Trinajstić information content (AvgIpc) is 2.91. The van der Waals surface area contributed by atoms with Gasteiger partial charge in [-0.1, -0.05) is 26.7 Å². The normalized spacial score (nSPS) is 16.7. The third-order valence-electron chi connectivity index (χ3n) is 9.04. The molecule has 204 valence electrons. The summed E-state index contributed by atoms with van der Waals surface area (Å²) in [7, 11) is 5.30. The smallest absolute Gasteiger partial charge is 0.258 e. The lowest BCUT2D eigenvalue weighted by molar-refractivity contribution is 0.135. The van der Waals surface area contributed by atoms with Gasteiger partial charge in [-0.05, 0) is 85.5 Å². The highest BCUT2D eigenvalue weighted by Crippen LogP contribution is 2.39. The Morgan fingerprint density at radius 1 is 0.921 bits per heavy atom. The first-order valence-electron chi connectivity index (χ1n) is 14.3. The number of nitrogens with zero attached hydrogens (tertiary/aromatic N) is 3. The Kier molecular flexibility index (Phi) is 7.98. The molecule has 6 heteroatoms. The van der Waals surface area contributed by atoms with E-state index in [1.807, 2.05) is 19.3 Å². The molecule has 6 nitrogen and oxygen atoms in total. The van der Waals surface area contributed by atoms with Crippen molar-refractivity contribution in [3.63, 3.8) is 0 Å². The molecule has 0 N–H and O–H groups in total. The molecule has 0 aliphatic carbocycles. The SMILES string of the molecule is CCC(CC)C1CCN(Cc2c(OC)cc(-c3cn(C)c(=O)c4ccc(N5CCC5)cc34)cc2OC)CC1. The fourth-order valence-corrected chi connectivity index (χ4v) is 6.51. The number of methoxy groups -OCH3 is 2. The molecule has 2 aliphatic rings. The van der Waals surface area contributed by atoms with Gasteiger partial charge in [0.05, 0.1) is 19.8 Å². The second-order valence-electron chi connectivity index (χ2n) is 11.1. The lowest BCUT2D eigenvalue weighted by Crippen LogP contribution is -2.36. The molecule has 3 heterocycles. The molecule has 2 aliphatic heterocycles. The molecule has 0 radical (unpaired) electrons. The Morgan fingerprint density at radius 2 is 1.58 bits per heavy atom. The molecule has 0 saturated carbocycles. The Bertz CT molecular complexity index is 1310. The summed E-state index contributed by atoms with van der Waals surface area (Å²) in [6.07, 6.45) is 8.25. The van der Waals surface area contributed by atoms with Crippen LogP contribution in [0.1, 0.15) is 51.5 Å². The molecular weight excluding hydrogens is 474 g/mol. The van der Waals surface area contributed by atoms with E-state index < -0.39 is 0 Å². The third-order valence-corrected chi connectivity index (χ3v) is 9.04. The van der Waals surface area contributed by atoms with Gasteiger partial charge >= 0.3 is 0 Å². The zero-order chi connectivity index (χ0) is 26.8. The molecule has 2 saturated heterocycles. The number of ether oxygens (including phenoxy) is 2. The fraction of sp³-hybridized carbons (Fsp3) is 0.531. The van der Waals surface area contributed by atoms with Crippen LogP contribution in [0.25, 0.3) is 21.9 Å². The van der Waals surface area contributed by atoms with Crippen LogP contribution < -0.4 is 19.9 Å². The lowest BCUT2D eigenvalue weighted by Gasteiger charge is -2.36. The van der Waals surface area contributed by atoms with E-state index >= 15 is 0 Å². The number of aryl methyl sites for hydroxylation is 1. The Labute approximate surface area is 227 Å². The number of aromatic nitrogens is 1. The summed E-state index contributed by atoms with van der Waals surface area (Å²) in [4.78, 5) is 17.9. The highest BCUT2D eigenvalue weighted by Gasteiger charge is 2.26. The van der Waals surface area contributed by atoms with E-state index in [1.165, 1.54) is 37.8 Å². The molecular formula is C32H43N3O3. The molecule has 1 aromatic heterocycles. The minimum Gasteiger partial charge on any atom is -0.496 e. The van der Waals surface area contributed by atoms with E-state index in [4.69, 9.17) is 9.47 Å². The van der Waals surface area contributed by atoms with Crippen molar-refractivity contribution >= 4 is 16.5 Å². The second-order valence-corrected chi connectivity index (χ2v) is 11.1. The number of anilines is 1. The Balaban J connectivity index is 1.49. The van der Waals surface area contributed by atoms with Crippen LogP contribution in [0.2, 0.25) is 0 Å². The zero-order valence-electron chi connectivity index (χ0n) is 23.8. The summed E-state index contributed by atoms with van der Waals surface area (Å²) in [5.41, 5.74) is 4.29. The molecule has 38 heavy (non-hydrogen) atoms. The van der Waals surface area contributed by atoms with Crippen LogP contribution in [-0.4, -0.2) is 49.9 Å². The van der Waals surface area contributed by atoms with Crippen molar-refractivity contribution in [3.05, 3.63) is 52.4 Å². The van der Waals surface area contributed by atoms with Gasteiger partial charge in [-0.25, -0.2) is 0 Å². The van der Waals surface area contributed by atoms with E-state index in [-0.39, 0.29) is 5.56 Å². The van der Waals surface area contributed by atoms with Gasteiger partial charge < -0.3 is 18.9 Å². The lowest BCUT2D eigenvalue weighted by atomic mass is 9.81. The maximum absolute atomic E-state index is 13.0. The topological polar surface area (TPSA) is 46.9 Å². The maximum atomic E-state index is 13.0. The van der Waals surface area contributed by atoms with Crippen LogP contribution >= 0.6 is 0 Å². The van der Waals surface area contributed by atoms with Gasteiger partial charge in [-0.3, -0.25) is 9.69 Å². The summed E-state index contributed by atoms with van der Waals surface area (Å²) >= 11 is 0. The highest BCUT2D eigenvalue weighted by atomic mass is 16.5. The first-order chi connectivity index (χ1) is 18.5. The van der Waals surface area contributed by atoms with Crippen LogP contribution in [0.15, 0.2) is 41.3 Å². The number of hydrogen-bond acceptors (Lipinski definition) is 5. The first-order valence-corrected chi connectivity index (χ1v) is 14.3. The Morgan fingerprint density at radius 3 is 2.13 bits per heavy atom. The van der Waals surface area contributed by atoms with E-state index in [0.29, 0.717) is 0 Å². The van der Waals surface area contributed by atoms with Gasteiger partial charge in [0.15, 0.2) is 0 Å². The van der Waals surface area contributed by atoms with Gasteiger partial charge in [0.1, 0.15) is 11.5 Å². The van der Waals surface area contributed by atoms with Crippen molar-refractivity contribution in [2.45, 2.75) is 52.5 Å². The monoisotopic (exact) mass is 517 g/mol. The van der Waals surface area contributed by atoms with Crippen LogP contribution in [0.5, 0.6) is 11.5 Å². The zero-order valence-corrected chi connectivity index (χ0v) is 23.8. The highest BCUT2D eigenvalue weighted by molar-refractivity contribution is 5.98. The predicted octanol–water partition coefficient (Wildman–Crippen LogP) is 6.08. The van der Waals surface area contributed by atoms with E-state index in [1.54, 1.807) is 18.8 Å². The number of rotatable bonds is 9. The molecule has 2 aromatic carbocycles. The van der Waals surface area contributed by atoms with Crippen molar-refractivity contribution < 1.29 is 9.47 Å². The van der Waals surface area contributed by atoms with Gasteiger partial charge in [0.2, 0.25) is 0 Å². The van der Waals surface area contributed by atoms with Crippen LogP contribution in [0.3, 0.4) is 0 Å². The first kappa shape index (κ1) is 26.6. The van der Waals surface area contributed by atoms with Crippen molar-refractivity contribution in [3.8, 4) is 22.6 Å². The molecule has 0 unspecified atom stereocenters. The molecule has 0 amide bonds. The van der Waals surface area contributed by atoms with Crippen LogP contribution in [0, 0.1) is 11.8 Å². The largest absolute Gasteiger partial charge is 0.496 e. The van der Waals surface area contributed by atoms with Crippen molar-refractivity contribution in [1.82, 2.24) is 9.47 Å². The predicted molar refractivity (Wildman–Crippen MR) is 157 cm³/mol. The summed E-state index contributed by atoms with van der Waals surface area (Å²) in [5, 5.41) is 1.70. The van der Waals surface area contributed by atoms with E-state index in [0.717, 1.165) is 83.5 Å². The number of fused-ring (bicyclic) bond motifs is 1.